The highest BCUT2D eigenvalue weighted by atomic mass is 32.1. The van der Waals surface area contributed by atoms with Gasteiger partial charge in [0, 0.05) is 10.9 Å². The van der Waals surface area contributed by atoms with E-state index in [1.807, 2.05) is 17.5 Å². The topological polar surface area (TPSA) is 42.0 Å². The highest BCUT2D eigenvalue weighted by Gasteiger charge is 2.10. The molecule has 128 valence electrons. The first-order valence-electron chi connectivity index (χ1n) is 8.46. The summed E-state index contributed by atoms with van der Waals surface area (Å²) in [6.07, 6.45) is 1.37. The first kappa shape index (κ1) is 17.4. The molecular weight excluding hydrogens is 328 g/mol. The van der Waals surface area contributed by atoms with Gasteiger partial charge in [-0.15, -0.1) is 11.3 Å². The molecule has 3 rings (SSSR count). The van der Waals surface area contributed by atoms with Crippen LogP contribution >= 0.6 is 11.3 Å². The number of benzene rings is 2. The molecule has 1 heterocycles. The monoisotopic (exact) mass is 350 g/mol. The third-order valence-corrected chi connectivity index (χ3v) is 4.97. The first-order valence-corrected chi connectivity index (χ1v) is 9.34. The Hall–Kier alpha value is -2.46. The summed E-state index contributed by atoms with van der Waals surface area (Å²) in [7, 11) is 0. The van der Waals surface area contributed by atoms with E-state index in [1.54, 1.807) is 0 Å². The summed E-state index contributed by atoms with van der Waals surface area (Å²) in [5, 5.41) is 5.55. The van der Waals surface area contributed by atoms with E-state index in [4.69, 9.17) is 0 Å². The zero-order valence-electron chi connectivity index (χ0n) is 14.8. The number of nitrogens with zero attached hydrogens (tertiary/aromatic N) is 1. The molecule has 0 aliphatic carbocycles. The molecule has 0 saturated carbocycles. The largest absolute Gasteiger partial charge is 0.302 e. The zero-order valence-corrected chi connectivity index (χ0v) is 15.6. The summed E-state index contributed by atoms with van der Waals surface area (Å²) in [5.74, 6) is -0.0360. The van der Waals surface area contributed by atoms with Gasteiger partial charge in [-0.05, 0) is 43.0 Å². The fourth-order valence-electron chi connectivity index (χ4n) is 2.71. The van der Waals surface area contributed by atoms with Crippen molar-refractivity contribution in [3.05, 3.63) is 70.1 Å². The van der Waals surface area contributed by atoms with Crippen LogP contribution in [0.1, 0.15) is 29.2 Å². The van der Waals surface area contributed by atoms with Gasteiger partial charge in [-0.1, -0.05) is 48.9 Å². The number of aryl methyl sites for hydroxylation is 3. The Balaban J connectivity index is 1.68. The fourth-order valence-corrected chi connectivity index (χ4v) is 3.44. The van der Waals surface area contributed by atoms with E-state index in [0.717, 1.165) is 23.2 Å². The van der Waals surface area contributed by atoms with Crippen molar-refractivity contribution in [3.63, 3.8) is 0 Å². The van der Waals surface area contributed by atoms with Crippen LogP contribution in [0.25, 0.3) is 11.3 Å². The number of rotatable bonds is 5. The van der Waals surface area contributed by atoms with Crippen LogP contribution in [0.3, 0.4) is 0 Å². The number of carbonyl (C=O) groups is 1. The zero-order chi connectivity index (χ0) is 17.8. The molecule has 0 radical (unpaired) electrons. The van der Waals surface area contributed by atoms with Gasteiger partial charge < -0.3 is 5.32 Å². The SMILES string of the molecule is CCc1ccc(CC(=O)Nc2nc(-c3cc(C)ccc3C)cs2)cc1. The minimum absolute atomic E-state index is 0.0360. The van der Waals surface area contributed by atoms with Gasteiger partial charge in [0.1, 0.15) is 0 Å². The molecule has 0 bridgehead atoms. The van der Waals surface area contributed by atoms with Crippen LogP contribution in [0, 0.1) is 13.8 Å². The van der Waals surface area contributed by atoms with Crippen molar-refractivity contribution in [3.8, 4) is 11.3 Å². The number of nitrogens with one attached hydrogen (secondary N) is 1. The lowest BCUT2D eigenvalue weighted by atomic mass is 10.0. The van der Waals surface area contributed by atoms with Crippen molar-refractivity contribution in [2.45, 2.75) is 33.6 Å². The molecule has 3 aromatic rings. The summed E-state index contributed by atoms with van der Waals surface area (Å²) >= 11 is 1.46. The molecule has 25 heavy (non-hydrogen) atoms. The van der Waals surface area contributed by atoms with Gasteiger partial charge in [0.05, 0.1) is 12.1 Å². The standard InChI is InChI=1S/C21H22N2OS/c1-4-16-7-9-17(10-8-16)12-20(24)23-21-22-19(13-25-21)18-11-14(2)5-6-15(18)3/h5-11,13H,4,12H2,1-3H3,(H,22,23,24). The van der Waals surface area contributed by atoms with E-state index >= 15 is 0 Å². The van der Waals surface area contributed by atoms with E-state index in [0.29, 0.717) is 11.6 Å². The van der Waals surface area contributed by atoms with Crippen LogP contribution in [0.2, 0.25) is 0 Å². The Morgan fingerprint density at radius 1 is 1.08 bits per heavy atom. The maximum absolute atomic E-state index is 12.3. The van der Waals surface area contributed by atoms with Crippen molar-refractivity contribution in [2.24, 2.45) is 0 Å². The minimum Gasteiger partial charge on any atom is -0.302 e. The Bertz CT molecular complexity index is 881. The number of hydrogen-bond acceptors (Lipinski definition) is 3. The Labute approximate surface area is 152 Å². The molecule has 1 amide bonds. The molecule has 0 aliphatic heterocycles. The maximum Gasteiger partial charge on any atom is 0.230 e. The highest BCUT2D eigenvalue weighted by Crippen LogP contribution is 2.28. The van der Waals surface area contributed by atoms with Crippen LogP contribution in [0.4, 0.5) is 5.13 Å². The lowest BCUT2D eigenvalue weighted by Crippen LogP contribution is -2.14. The molecule has 0 atom stereocenters. The lowest BCUT2D eigenvalue weighted by molar-refractivity contribution is -0.115. The first-order chi connectivity index (χ1) is 12.0. The van der Waals surface area contributed by atoms with Gasteiger partial charge in [0.2, 0.25) is 5.91 Å². The fraction of sp³-hybridized carbons (Fsp3) is 0.238. The Kier molecular flexibility index (Phi) is 5.29. The molecule has 1 N–H and O–H groups in total. The second kappa shape index (κ2) is 7.62. The summed E-state index contributed by atoms with van der Waals surface area (Å²) in [5.41, 5.74) is 6.71. The third kappa shape index (κ3) is 4.34. The summed E-state index contributed by atoms with van der Waals surface area (Å²) < 4.78 is 0. The van der Waals surface area contributed by atoms with Gasteiger partial charge in [0.15, 0.2) is 5.13 Å². The second-order valence-corrected chi connectivity index (χ2v) is 7.11. The number of anilines is 1. The summed E-state index contributed by atoms with van der Waals surface area (Å²) in [6, 6.07) is 14.5. The minimum atomic E-state index is -0.0360. The van der Waals surface area contributed by atoms with Crippen molar-refractivity contribution < 1.29 is 4.79 Å². The summed E-state index contributed by atoms with van der Waals surface area (Å²) in [4.78, 5) is 16.8. The smallest absolute Gasteiger partial charge is 0.230 e. The van der Waals surface area contributed by atoms with Crippen LogP contribution in [0.15, 0.2) is 47.8 Å². The van der Waals surface area contributed by atoms with Gasteiger partial charge in [0.25, 0.3) is 0 Å². The van der Waals surface area contributed by atoms with Crippen LogP contribution < -0.4 is 5.32 Å². The number of thiazole rings is 1. The van der Waals surface area contributed by atoms with Crippen LogP contribution in [-0.4, -0.2) is 10.9 Å². The van der Waals surface area contributed by atoms with E-state index < -0.39 is 0 Å². The second-order valence-electron chi connectivity index (χ2n) is 6.25. The van der Waals surface area contributed by atoms with Gasteiger partial charge >= 0.3 is 0 Å². The van der Waals surface area contributed by atoms with Crippen LogP contribution in [0.5, 0.6) is 0 Å². The molecule has 4 heteroatoms. The summed E-state index contributed by atoms with van der Waals surface area (Å²) in [6.45, 7) is 6.27. The number of carbonyl (C=O) groups excluding carboxylic acids is 1. The Morgan fingerprint density at radius 2 is 1.80 bits per heavy atom. The molecule has 0 fully saturated rings. The number of amides is 1. The lowest BCUT2D eigenvalue weighted by Gasteiger charge is -2.05. The average Bonchev–Trinajstić information content (AvgIpc) is 3.05. The average molecular weight is 350 g/mol. The van der Waals surface area contributed by atoms with Crippen LogP contribution in [-0.2, 0) is 17.6 Å². The quantitative estimate of drug-likeness (QED) is 0.690. The molecular formula is C21H22N2OS. The maximum atomic E-state index is 12.3. The molecule has 0 spiro atoms. The van der Waals surface area contributed by atoms with Crippen molar-refractivity contribution >= 4 is 22.4 Å². The number of hydrogen-bond donors (Lipinski definition) is 1. The van der Waals surface area contributed by atoms with Gasteiger partial charge in [-0.25, -0.2) is 4.98 Å². The normalized spacial score (nSPS) is 10.7. The van der Waals surface area contributed by atoms with Crippen molar-refractivity contribution in [2.75, 3.05) is 5.32 Å². The molecule has 3 nitrogen and oxygen atoms in total. The van der Waals surface area contributed by atoms with E-state index in [-0.39, 0.29) is 5.91 Å². The Morgan fingerprint density at radius 3 is 2.52 bits per heavy atom. The van der Waals surface area contributed by atoms with Gasteiger partial charge in [-0.3, -0.25) is 4.79 Å². The van der Waals surface area contributed by atoms with E-state index in [9.17, 15) is 4.79 Å². The molecule has 2 aromatic carbocycles. The molecule has 0 aliphatic rings. The van der Waals surface area contributed by atoms with Gasteiger partial charge in [-0.2, -0.15) is 0 Å². The molecule has 0 unspecified atom stereocenters. The predicted octanol–water partition coefficient (Wildman–Crippen LogP) is 5.17. The molecule has 0 saturated heterocycles. The highest BCUT2D eigenvalue weighted by molar-refractivity contribution is 7.14. The van der Waals surface area contributed by atoms with Crippen molar-refractivity contribution in [1.29, 1.82) is 0 Å². The van der Waals surface area contributed by atoms with E-state index in [2.05, 4.69) is 61.4 Å². The predicted molar refractivity (Wildman–Crippen MR) is 105 cm³/mol. The third-order valence-electron chi connectivity index (χ3n) is 4.22. The molecule has 1 aromatic heterocycles. The van der Waals surface area contributed by atoms with E-state index in [1.165, 1.54) is 28.0 Å². The van der Waals surface area contributed by atoms with Crippen molar-refractivity contribution in [1.82, 2.24) is 4.98 Å². The number of aromatic nitrogens is 1.